The Kier molecular flexibility index (Phi) is 4.55. The lowest BCUT2D eigenvalue weighted by atomic mass is 9.92. The highest BCUT2D eigenvalue weighted by atomic mass is 32.1. The Morgan fingerprint density at radius 1 is 1.44 bits per heavy atom. The average Bonchev–Trinajstić information content (AvgIpc) is 2.35. The topological polar surface area (TPSA) is 92.9 Å². The Balaban J connectivity index is 2.64. The largest absolute Gasteiger partial charge is 0.388 e. The number of carbonyl (C=O) groups is 1. The second-order valence-corrected chi connectivity index (χ2v) is 4.91. The molecule has 1 heterocycles. The molecule has 98 valence electrons. The average molecular weight is 267 g/mol. The minimum atomic E-state index is -0.529. The number of rotatable bonds is 5. The van der Waals surface area contributed by atoms with E-state index in [0.717, 1.165) is 0 Å². The first-order valence-corrected chi connectivity index (χ1v) is 5.85. The van der Waals surface area contributed by atoms with Crippen LogP contribution in [0.15, 0.2) is 12.4 Å². The minimum absolute atomic E-state index is 0.0392. The zero-order valence-electron chi connectivity index (χ0n) is 10.7. The van der Waals surface area contributed by atoms with Crippen molar-refractivity contribution in [2.24, 2.45) is 11.1 Å². The molecule has 0 aliphatic heterocycles. The second kappa shape index (κ2) is 5.72. The first-order chi connectivity index (χ1) is 8.36. The molecule has 0 radical (unpaired) electrons. The van der Waals surface area contributed by atoms with Crippen molar-refractivity contribution in [3.8, 4) is 0 Å². The first-order valence-electron chi connectivity index (χ1n) is 5.44. The van der Waals surface area contributed by atoms with Gasteiger partial charge in [-0.05, 0) is 13.8 Å². The van der Waals surface area contributed by atoms with E-state index in [0.29, 0.717) is 18.1 Å². The van der Waals surface area contributed by atoms with E-state index < -0.39 is 5.41 Å². The van der Waals surface area contributed by atoms with Gasteiger partial charge in [-0.15, -0.1) is 0 Å². The Hall–Kier alpha value is -1.76. The predicted molar refractivity (Wildman–Crippen MR) is 74.3 cm³/mol. The molecule has 0 bridgehead atoms. The number of amides is 1. The zero-order valence-corrected chi connectivity index (χ0v) is 11.5. The van der Waals surface area contributed by atoms with E-state index in [9.17, 15) is 4.79 Å². The number of carbonyl (C=O) groups excluding carboxylic acids is 1. The second-order valence-electron chi connectivity index (χ2n) is 4.47. The highest BCUT2D eigenvalue weighted by molar-refractivity contribution is 7.80. The summed E-state index contributed by atoms with van der Waals surface area (Å²) in [6, 6.07) is 0. The van der Waals surface area contributed by atoms with Crippen molar-refractivity contribution in [1.82, 2.24) is 15.3 Å². The molecule has 1 rings (SSSR count). The quantitative estimate of drug-likeness (QED) is 0.664. The molecule has 18 heavy (non-hydrogen) atoms. The molecule has 4 N–H and O–H groups in total. The number of hydrogen-bond donors (Lipinski definition) is 3. The van der Waals surface area contributed by atoms with Crippen LogP contribution in [0.25, 0.3) is 0 Å². The standard InChI is InChI=1S/C11H17N5OS/c1-11(2,10(17)13-3)6-16-8-5-14-7(4-15-8)9(12)18/h4-5H,6H2,1-3H3,(H2,12,18)(H,13,17)(H,15,16). The van der Waals surface area contributed by atoms with Gasteiger partial charge < -0.3 is 16.4 Å². The minimum Gasteiger partial charge on any atom is -0.388 e. The fourth-order valence-corrected chi connectivity index (χ4v) is 1.38. The summed E-state index contributed by atoms with van der Waals surface area (Å²) in [6.45, 7) is 4.14. The molecule has 0 saturated carbocycles. The fraction of sp³-hybridized carbons (Fsp3) is 0.455. The number of thiocarbonyl (C=S) groups is 1. The molecule has 0 fully saturated rings. The van der Waals surface area contributed by atoms with Gasteiger partial charge in [0.2, 0.25) is 5.91 Å². The van der Waals surface area contributed by atoms with E-state index in [1.807, 2.05) is 13.8 Å². The smallest absolute Gasteiger partial charge is 0.227 e. The van der Waals surface area contributed by atoms with Gasteiger partial charge in [0.1, 0.15) is 16.5 Å². The van der Waals surface area contributed by atoms with Crippen molar-refractivity contribution in [3.05, 3.63) is 18.1 Å². The zero-order chi connectivity index (χ0) is 13.8. The number of nitrogens with two attached hydrogens (primary N) is 1. The lowest BCUT2D eigenvalue weighted by Gasteiger charge is -2.22. The van der Waals surface area contributed by atoms with Gasteiger partial charge in [0.25, 0.3) is 0 Å². The molecule has 0 atom stereocenters. The molecule has 0 aromatic carbocycles. The van der Waals surface area contributed by atoms with Crippen LogP contribution in [0.3, 0.4) is 0 Å². The third kappa shape index (κ3) is 3.63. The van der Waals surface area contributed by atoms with Crippen LogP contribution in [0.1, 0.15) is 19.5 Å². The molecule has 1 aromatic heterocycles. The van der Waals surface area contributed by atoms with Crippen LogP contribution in [-0.2, 0) is 4.79 Å². The first kappa shape index (κ1) is 14.3. The van der Waals surface area contributed by atoms with Crippen LogP contribution in [0.4, 0.5) is 5.82 Å². The van der Waals surface area contributed by atoms with E-state index in [-0.39, 0.29) is 10.9 Å². The monoisotopic (exact) mass is 267 g/mol. The molecule has 0 aliphatic rings. The number of anilines is 1. The summed E-state index contributed by atoms with van der Waals surface area (Å²) in [5.41, 5.74) is 5.36. The van der Waals surface area contributed by atoms with Gasteiger partial charge in [-0.25, -0.2) is 9.97 Å². The van der Waals surface area contributed by atoms with E-state index in [4.69, 9.17) is 18.0 Å². The van der Waals surface area contributed by atoms with E-state index in [2.05, 4.69) is 20.6 Å². The number of aromatic nitrogens is 2. The summed E-state index contributed by atoms with van der Waals surface area (Å²) < 4.78 is 0. The molecule has 0 spiro atoms. The normalized spacial score (nSPS) is 10.8. The summed E-state index contributed by atoms with van der Waals surface area (Å²) in [7, 11) is 1.61. The maximum atomic E-state index is 11.6. The molecule has 0 aliphatic carbocycles. The molecular weight excluding hydrogens is 250 g/mol. The Labute approximate surface area is 111 Å². The van der Waals surface area contributed by atoms with Gasteiger partial charge in [-0.3, -0.25) is 4.79 Å². The van der Waals surface area contributed by atoms with Crippen LogP contribution in [-0.4, -0.2) is 34.5 Å². The Bertz CT molecular complexity index is 443. The molecular formula is C11H17N5OS. The van der Waals surface area contributed by atoms with Crippen LogP contribution in [0, 0.1) is 5.41 Å². The van der Waals surface area contributed by atoms with Crippen LogP contribution >= 0.6 is 12.2 Å². The van der Waals surface area contributed by atoms with Crippen molar-refractivity contribution < 1.29 is 4.79 Å². The highest BCUT2D eigenvalue weighted by Crippen LogP contribution is 2.15. The van der Waals surface area contributed by atoms with Gasteiger partial charge in [0.15, 0.2) is 0 Å². The third-order valence-corrected chi connectivity index (χ3v) is 2.67. The van der Waals surface area contributed by atoms with Crippen LogP contribution in [0.2, 0.25) is 0 Å². The Morgan fingerprint density at radius 3 is 2.56 bits per heavy atom. The summed E-state index contributed by atoms with van der Waals surface area (Å²) in [5, 5.41) is 5.66. The lowest BCUT2D eigenvalue weighted by molar-refractivity contribution is -0.128. The van der Waals surface area contributed by atoms with Gasteiger partial charge in [-0.2, -0.15) is 0 Å². The Morgan fingerprint density at radius 2 is 2.11 bits per heavy atom. The molecule has 1 amide bonds. The number of nitrogens with zero attached hydrogens (tertiary/aromatic N) is 2. The van der Waals surface area contributed by atoms with E-state index in [1.165, 1.54) is 12.4 Å². The number of hydrogen-bond acceptors (Lipinski definition) is 5. The maximum Gasteiger partial charge on any atom is 0.227 e. The van der Waals surface area contributed by atoms with Crippen molar-refractivity contribution in [2.75, 3.05) is 18.9 Å². The lowest BCUT2D eigenvalue weighted by Crippen LogP contribution is -2.39. The van der Waals surface area contributed by atoms with E-state index in [1.54, 1.807) is 7.05 Å². The highest BCUT2D eigenvalue weighted by Gasteiger charge is 2.26. The molecule has 6 nitrogen and oxygen atoms in total. The van der Waals surface area contributed by atoms with Crippen molar-refractivity contribution >= 4 is 28.9 Å². The third-order valence-electron chi connectivity index (χ3n) is 2.46. The van der Waals surface area contributed by atoms with E-state index >= 15 is 0 Å². The van der Waals surface area contributed by atoms with Gasteiger partial charge in [0.05, 0.1) is 17.8 Å². The maximum absolute atomic E-state index is 11.6. The summed E-state index contributed by atoms with van der Waals surface area (Å²) in [5.74, 6) is 0.537. The molecule has 0 saturated heterocycles. The van der Waals surface area contributed by atoms with Gasteiger partial charge in [0, 0.05) is 13.6 Å². The van der Waals surface area contributed by atoms with Crippen molar-refractivity contribution in [3.63, 3.8) is 0 Å². The van der Waals surface area contributed by atoms with Crippen LogP contribution in [0.5, 0.6) is 0 Å². The SMILES string of the molecule is CNC(=O)C(C)(C)CNc1cnc(C(N)=S)cn1. The summed E-state index contributed by atoms with van der Waals surface area (Å²) in [6.07, 6.45) is 3.03. The van der Waals surface area contributed by atoms with Crippen molar-refractivity contribution in [1.29, 1.82) is 0 Å². The summed E-state index contributed by atoms with van der Waals surface area (Å²) >= 11 is 4.78. The van der Waals surface area contributed by atoms with Gasteiger partial charge in [-0.1, -0.05) is 12.2 Å². The number of nitrogens with one attached hydrogen (secondary N) is 2. The van der Waals surface area contributed by atoms with Gasteiger partial charge >= 0.3 is 0 Å². The molecule has 7 heteroatoms. The predicted octanol–water partition coefficient (Wildman–Crippen LogP) is 0.295. The van der Waals surface area contributed by atoms with Crippen LogP contribution < -0.4 is 16.4 Å². The fourth-order valence-electron chi connectivity index (χ4n) is 1.28. The molecule has 1 aromatic rings. The molecule has 0 unspecified atom stereocenters. The van der Waals surface area contributed by atoms with Crippen molar-refractivity contribution in [2.45, 2.75) is 13.8 Å². The summed E-state index contributed by atoms with van der Waals surface area (Å²) in [4.78, 5) is 20.0.